The van der Waals surface area contributed by atoms with Crippen molar-refractivity contribution in [3.63, 3.8) is 0 Å². The summed E-state index contributed by atoms with van der Waals surface area (Å²) in [7, 11) is 0. The third-order valence-corrected chi connectivity index (χ3v) is 3.29. The summed E-state index contributed by atoms with van der Waals surface area (Å²) in [5.41, 5.74) is 0. The monoisotopic (exact) mass is 341 g/mol. The number of hydrogen-bond acceptors (Lipinski definition) is 6. The lowest BCUT2D eigenvalue weighted by Gasteiger charge is -2.09. The van der Waals surface area contributed by atoms with E-state index in [1.54, 1.807) is 17.5 Å². The zero-order chi connectivity index (χ0) is 17.2. The maximum absolute atomic E-state index is 11.6. The molecule has 0 fully saturated rings. The molecule has 23 heavy (non-hydrogen) atoms. The van der Waals surface area contributed by atoms with E-state index in [1.165, 1.54) is 11.3 Å². The highest BCUT2D eigenvalue weighted by Crippen LogP contribution is 2.07. The number of carbonyl (C=O) groups excluding carboxylic acids is 4. The lowest BCUT2D eigenvalue weighted by atomic mass is 10.2. The van der Waals surface area contributed by atoms with E-state index in [4.69, 9.17) is 0 Å². The number of rotatable bonds is 7. The number of hydrogen-bond donors (Lipinski definition) is 3. The number of carbonyl (C=O) groups is 4. The first-order chi connectivity index (χ1) is 10.9. The van der Waals surface area contributed by atoms with Gasteiger partial charge in [-0.15, -0.1) is 11.3 Å². The number of amides is 4. The zero-order valence-corrected chi connectivity index (χ0v) is 13.7. The van der Waals surface area contributed by atoms with E-state index < -0.39 is 30.4 Å². The van der Waals surface area contributed by atoms with Gasteiger partial charge in [0.05, 0.1) is 4.88 Å². The average molecular weight is 341 g/mol. The fourth-order valence-electron chi connectivity index (χ4n) is 1.35. The van der Waals surface area contributed by atoms with Gasteiger partial charge in [-0.3, -0.25) is 19.7 Å². The molecule has 0 aliphatic rings. The molecule has 0 atom stereocenters. The first kappa shape index (κ1) is 18.6. The van der Waals surface area contributed by atoms with Crippen LogP contribution in [0.3, 0.4) is 0 Å². The number of esters is 1. The third-order valence-electron chi connectivity index (χ3n) is 2.43. The lowest BCUT2D eigenvalue weighted by Crippen LogP contribution is -2.43. The van der Waals surface area contributed by atoms with Gasteiger partial charge < -0.3 is 15.4 Å². The minimum atomic E-state index is -0.771. The Kier molecular flexibility index (Phi) is 7.75. The van der Waals surface area contributed by atoms with Gasteiger partial charge in [0.2, 0.25) is 0 Å². The van der Waals surface area contributed by atoms with Gasteiger partial charge in [-0.1, -0.05) is 19.9 Å². The maximum atomic E-state index is 11.6. The Morgan fingerprint density at radius 3 is 2.57 bits per heavy atom. The Labute approximate surface area is 137 Å². The third kappa shape index (κ3) is 7.96. The van der Waals surface area contributed by atoms with E-state index in [0.29, 0.717) is 11.4 Å². The van der Waals surface area contributed by atoms with E-state index in [9.17, 15) is 19.2 Å². The van der Waals surface area contributed by atoms with Gasteiger partial charge in [0.15, 0.2) is 6.61 Å². The maximum Gasteiger partial charge on any atom is 0.325 e. The van der Waals surface area contributed by atoms with E-state index in [-0.39, 0.29) is 12.5 Å². The van der Waals surface area contributed by atoms with Crippen LogP contribution in [0, 0.1) is 5.92 Å². The van der Waals surface area contributed by atoms with E-state index in [1.807, 2.05) is 19.2 Å². The quantitative estimate of drug-likeness (QED) is 0.625. The summed E-state index contributed by atoms with van der Waals surface area (Å²) in [4.78, 5) is 46.2. The summed E-state index contributed by atoms with van der Waals surface area (Å²) in [6, 6.07) is 2.69. The van der Waals surface area contributed by atoms with Crippen molar-refractivity contribution in [3.8, 4) is 0 Å². The van der Waals surface area contributed by atoms with Crippen LogP contribution in [0.2, 0.25) is 0 Å². The molecule has 1 aromatic heterocycles. The summed E-state index contributed by atoms with van der Waals surface area (Å²) in [6.07, 6.45) is 0. The molecule has 0 saturated heterocycles. The van der Waals surface area contributed by atoms with Crippen LogP contribution in [-0.2, 0) is 14.3 Å². The smallest absolute Gasteiger partial charge is 0.325 e. The number of nitrogens with one attached hydrogen (secondary N) is 3. The van der Waals surface area contributed by atoms with Gasteiger partial charge >= 0.3 is 12.0 Å². The average Bonchev–Trinajstić information content (AvgIpc) is 3.03. The van der Waals surface area contributed by atoms with Crippen molar-refractivity contribution in [3.05, 3.63) is 22.4 Å². The number of ether oxygens (including phenoxy) is 1. The van der Waals surface area contributed by atoms with Crippen LogP contribution < -0.4 is 16.0 Å². The van der Waals surface area contributed by atoms with Crippen LogP contribution in [0.1, 0.15) is 23.5 Å². The molecule has 0 bridgehead atoms. The molecule has 0 aliphatic carbocycles. The van der Waals surface area contributed by atoms with Crippen molar-refractivity contribution in [2.45, 2.75) is 13.8 Å². The zero-order valence-electron chi connectivity index (χ0n) is 12.9. The van der Waals surface area contributed by atoms with E-state index >= 15 is 0 Å². The molecule has 0 radical (unpaired) electrons. The molecule has 3 N–H and O–H groups in total. The fourth-order valence-corrected chi connectivity index (χ4v) is 1.99. The Bertz CT molecular complexity index is 557. The van der Waals surface area contributed by atoms with Crippen LogP contribution >= 0.6 is 11.3 Å². The Morgan fingerprint density at radius 2 is 1.96 bits per heavy atom. The highest BCUT2D eigenvalue weighted by Gasteiger charge is 2.13. The van der Waals surface area contributed by atoms with Gasteiger partial charge in [0, 0.05) is 6.54 Å². The van der Waals surface area contributed by atoms with Gasteiger partial charge in [-0.2, -0.15) is 0 Å². The number of urea groups is 1. The van der Waals surface area contributed by atoms with Gasteiger partial charge in [-0.05, 0) is 17.4 Å². The molecule has 4 amide bonds. The van der Waals surface area contributed by atoms with E-state index in [0.717, 1.165) is 0 Å². The highest BCUT2D eigenvalue weighted by molar-refractivity contribution is 7.12. The van der Waals surface area contributed by atoms with Gasteiger partial charge in [0.1, 0.15) is 6.54 Å². The van der Waals surface area contributed by atoms with Crippen molar-refractivity contribution in [2.24, 2.45) is 5.92 Å². The van der Waals surface area contributed by atoms with Crippen LogP contribution in [0.15, 0.2) is 17.5 Å². The van der Waals surface area contributed by atoms with Crippen molar-refractivity contribution in [1.82, 2.24) is 16.0 Å². The second-order valence-corrected chi connectivity index (χ2v) is 5.92. The summed E-state index contributed by atoms with van der Waals surface area (Å²) >= 11 is 1.24. The lowest BCUT2D eigenvalue weighted by molar-refractivity contribution is -0.147. The van der Waals surface area contributed by atoms with Gasteiger partial charge in [-0.25, -0.2) is 4.79 Å². The Balaban J connectivity index is 2.18. The second kappa shape index (κ2) is 9.57. The molecule has 0 spiro atoms. The SMILES string of the molecule is CC(C)CNC(=O)NC(=O)COC(=O)CNC(=O)c1cccs1. The van der Waals surface area contributed by atoms with Crippen LogP contribution in [0.25, 0.3) is 0 Å². The molecule has 0 aliphatic heterocycles. The van der Waals surface area contributed by atoms with Crippen LogP contribution in [0.4, 0.5) is 4.79 Å². The normalized spacial score (nSPS) is 10.0. The first-order valence-electron chi connectivity index (χ1n) is 6.93. The van der Waals surface area contributed by atoms with Gasteiger partial charge in [0.25, 0.3) is 11.8 Å². The molecule has 126 valence electrons. The molecule has 1 aromatic rings. The molecule has 9 heteroatoms. The Hall–Kier alpha value is -2.42. The highest BCUT2D eigenvalue weighted by atomic mass is 32.1. The van der Waals surface area contributed by atoms with Crippen LogP contribution in [-0.4, -0.2) is 43.5 Å². The molecular weight excluding hydrogens is 322 g/mol. The standard InChI is InChI=1S/C14H19N3O5S/c1-9(2)6-16-14(21)17-11(18)8-22-12(19)7-15-13(20)10-4-3-5-23-10/h3-5,9H,6-8H2,1-2H3,(H,15,20)(H2,16,17,18,21). The molecule has 1 rings (SSSR count). The van der Waals surface area contributed by atoms with Crippen molar-refractivity contribution < 1.29 is 23.9 Å². The number of imide groups is 1. The molecular formula is C14H19N3O5S. The molecule has 1 heterocycles. The molecule has 8 nitrogen and oxygen atoms in total. The first-order valence-corrected chi connectivity index (χ1v) is 7.81. The topological polar surface area (TPSA) is 114 Å². The minimum Gasteiger partial charge on any atom is -0.454 e. The van der Waals surface area contributed by atoms with Crippen molar-refractivity contribution in [1.29, 1.82) is 0 Å². The summed E-state index contributed by atoms with van der Waals surface area (Å²) in [5.74, 6) is -1.66. The predicted molar refractivity (Wildman–Crippen MR) is 84.0 cm³/mol. The predicted octanol–water partition coefficient (Wildman–Crippen LogP) is 0.503. The molecule has 0 saturated carbocycles. The summed E-state index contributed by atoms with van der Waals surface area (Å²) in [6.45, 7) is 3.29. The fraction of sp³-hybridized carbons (Fsp3) is 0.429. The van der Waals surface area contributed by atoms with Crippen molar-refractivity contribution >= 4 is 35.2 Å². The Morgan fingerprint density at radius 1 is 1.22 bits per heavy atom. The van der Waals surface area contributed by atoms with E-state index in [2.05, 4.69) is 15.4 Å². The molecule has 0 aromatic carbocycles. The summed E-state index contributed by atoms with van der Waals surface area (Å²) < 4.78 is 4.66. The largest absolute Gasteiger partial charge is 0.454 e. The van der Waals surface area contributed by atoms with Crippen molar-refractivity contribution in [2.75, 3.05) is 19.7 Å². The summed E-state index contributed by atoms with van der Waals surface area (Å²) in [5, 5.41) is 8.62. The second-order valence-electron chi connectivity index (χ2n) is 4.97. The molecule has 0 unspecified atom stereocenters. The number of thiophene rings is 1. The minimum absolute atomic E-state index is 0.251. The van der Waals surface area contributed by atoms with Crippen LogP contribution in [0.5, 0.6) is 0 Å².